The number of aryl methyl sites for hydroxylation is 1. The number of hydrogen-bond donors (Lipinski definition) is 0. The Morgan fingerprint density at radius 2 is 2.07 bits per heavy atom. The van der Waals surface area contributed by atoms with E-state index < -0.39 is 0 Å². The molecule has 2 nitrogen and oxygen atoms in total. The zero-order chi connectivity index (χ0) is 10.3. The topological polar surface area (TPSA) is 17.8 Å². The minimum atomic E-state index is 0.393. The van der Waals surface area contributed by atoms with Gasteiger partial charge in [-0.05, 0) is 42.8 Å². The maximum absolute atomic E-state index is 4.54. The normalized spacial score (nSPS) is 11.5. The van der Waals surface area contributed by atoms with E-state index in [0.717, 1.165) is 10.2 Å². The van der Waals surface area contributed by atoms with Crippen molar-refractivity contribution in [1.82, 2.24) is 9.78 Å². The van der Waals surface area contributed by atoms with Crippen molar-refractivity contribution >= 4 is 26.8 Å². The highest BCUT2D eigenvalue weighted by atomic mass is 79.9. The molecule has 3 heteroatoms. The first-order valence-corrected chi connectivity index (χ1v) is 5.54. The van der Waals surface area contributed by atoms with Gasteiger partial charge in [-0.25, -0.2) is 0 Å². The van der Waals surface area contributed by atoms with E-state index >= 15 is 0 Å². The van der Waals surface area contributed by atoms with Crippen molar-refractivity contribution in [2.75, 3.05) is 0 Å². The first kappa shape index (κ1) is 9.71. The molecule has 1 aromatic heterocycles. The number of rotatable bonds is 1. The minimum absolute atomic E-state index is 0.393. The average Bonchev–Trinajstić information content (AvgIpc) is 2.46. The molecule has 0 atom stereocenters. The molecule has 2 rings (SSSR count). The van der Waals surface area contributed by atoms with Crippen LogP contribution in [-0.4, -0.2) is 9.78 Å². The van der Waals surface area contributed by atoms with Crippen molar-refractivity contribution < 1.29 is 0 Å². The lowest BCUT2D eigenvalue weighted by Crippen LogP contribution is -2.02. The summed E-state index contributed by atoms with van der Waals surface area (Å²) in [5.74, 6) is 0. The van der Waals surface area contributed by atoms with Crippen LogP contribution in [0, 0.1) is 6.92 Å². The molecule has 2 aromatic rings. The third kappa shape index (κ3) is 1.36. The summed E-state index contributed by atoms with van der Waals surface area (Å²) in [6, 6.07) is 6.61. The van der Waals surface area contributed by atoms with Gasteiger partial charge in [0.05, 0.1) is 11.2 Å². The Morgan fingerprint density at radius 1 is 1.36 bits per heavy atom. The molecule has 0 bridgehead atoms. The van der Waals surface area contributed by atoms with Crippen LogP contribution in [0.4, 0.5) is 0 Å². The van der Waals surface area contributed by atoms with Gasteiger partial charge in [0, 0.05) is 15.9 Å². The quantitative estimate of drug-likeness (QED) is 0.757. The van der Waals surface area contributed by atoms with Crippen LogP contribution < -0.4 is 0 Å². The third-order valence-electron chi connectivity index (χ3n) is 2.35. The van der Waals surface area contributed by atoms with Gasteiger partial charge < -0.3 is 0 Å². The lowest BCUT2D eigenvalue weighted by molar-refractivity contribution is 0.546. The molecule has 0 fully saturated rings. The van der Waals surface area contributed by atoms with Crippen molar-refractivity contribution in [3.63, 3.8) is 0 Å². The fourth-order valence-corrected chi connectivity index (χ4v) is 2.23. The number of para-hydroxylation sites is 1. The molecule has 0 aliphatic carbocycles. The molecule has 0 spiro atoms. The number of halogens is 1. The van der Waals surface area contributed by atoms with Crippen LogP contribution >= 0.6 is 15.9 Å². The zero-order valence-electron chi connectivity index (χ0n) is 8.58. The van der Waals surface area contributed by atoms with Gasteiger partial charge in [0.15, 0.2) is 0 Å². The van der Waals surface area contributed by atoms with Crippen molar-refractivity contribution in [3.05, 3.63) is 28.4 Å². The summed E-state index contributed by atoms with van der Waals surface area (Å²) in [4.78, 5) is 0. The largest absolute Gasteiger partial charge is 0.261 e. The van der Waals surface area contributed by atoms with E-state index in [9.17, 15) is 0 Å². The molecule has 14 heavy (non-hydrogen) atoms. The lowest BCUT2D eigenvalue weighted by Gasteiger charge is -2.07. The van der Waals surface area contributed by atoms with E-state index in [1.165, 1.54) is 10.9 Å². The van der Waals surface area contributed by atoms with Gasteiger partial charge in [0.2, 0.25) is 0 Å². The summed E-state index contributed by atoms with van der Waals surface area (Å²) in [7, 11) is 0. The summed E-state index contributed by atoms with van der Waals surface area (Å²) < 4.78 is 3.18. The number of fused-ring (bicyclic) bond motifs is 1. The Labute approximate surface area is 92.0 Å². The molecule has 0 saturated carbocycles. The van der Waals surface area contributed by atoms with E-state index in [2.05, 4.69) is 51.7 Å². The van der Waals surface area contributed by atoms with Gasteiger partial charge in [-0.3, -0.25) is 4.68 Å². The molecule has 0 N–H and O–H groups in total. The number of hydrogen-bond acceptors (Lipinski definition) is 1. The molecule has 0 amide bonds. The zero-order valence-corrected chi connectivity index (χ0v) is 10.2. The van der Waals surface area contributed by atoms with Gasteiger partial charge >= 0.3 is 0 Å². The second-order valence-corrected chi connectivity index (χ2v) is 4.61. The molecule has 0 aliphatic heterocycles. The molecular weight excluding hydrogens is 240 g/mol. The Morgan fingerprint density at radius 3 is 2.71 bits per heavy atom. The van der Waals surface area contributed by atoms with Crippen LogP contribution in [0.15, 0.2) is 22.7 Å². The third-order valence-corrected chi connectivity index (χ3v) is 2.99. The molecule has 0 radical (unpaired) electrons. The second kappa shape index (κ2) is 3.39. The highest BCUT2D eigenvalue weighted by Gasteiger charge is 2.11. The summed E-state index contributed by atoms with van der Waals surface area (Å²) >= 11 is 3.57. The van der Waals surface area contributed by atoms with E-state index in [4.69, 9.17) is 0 Å². The predicted octanol–water partition coefficient (Wildman–Crippen LogP) is 3.69. The molecular formula is C11H13BrN2. The smallest absolute Gasteiger partial charge is 0.0830 e. The van der Waals surface area contributed by atoms with Gasteiger partial charge in [-0.1, -0.05) is 12.1 Å². The maximum atomic E-state index is 4.54. The molecule has 74 valence electrons. The van der Waals surface area contributed by atoms with Crippen molar-refractivity contribution in [2.24, 2.45) is 0 Å². The summed E-state index contributed by atoms with van der Waals surface area (Å²) in [5, 5.41) is 5.77. The van der Waals surface area contributed by atoms with Crippen LogP contribution in [0.5, 0.6) is 0 Å². The van der Waals surface area contributed by atoms with Gasteiger partial charge in [-0.15, -0.1) is 0 Å². The number of nitrogens with zero attached hydrogens (tertiary/aromatic N) is 2. The van der Waals surface area contributed by atoms with Crippen LogP contribution in [0.25, 0.3) is 10.9 Å². The maximum Gasteiger partial charge on any atom is 0.0830 e. The van der Waals surface area contributed by atoms with Gasteiger partial charge in [0.25, 0.3) is 0 Å². The fraction of sp³-hybridized carbons (Fsp3) is 0.364. The van der Waals surface area contributed by atoms with E-state index in [0.29, 0.717) is 6.04 Å². The Balaban J connectivity index is 2.86. The number of aromatic nitrogens is 2. The van der Waals surface area contributed by atoms with Crippen LogP contribution in [0.3, 0.4) is 0 Å². The van der Waals surface area contributed by atoms with Crippen LogP contribution in [-0.2, 0) is 0 Å². The van der Waals surface area contributed by atoms with Crippen molar-refractivity contribution in [1.29, 1.82) is 0 Å². The van der Waals surface area contributed by atoms with Crippen molar-refractivity contribution in [2.45, 2.75) is 26.8 Å². The SMILES string of the molecule is Cc1nn(C(C)C)c2c(Br)cccc12. The van der Waals surface area contributed by atoms with E-state index in [1.54, 1.807) is 0 Å². The van der Waals surface area contributed by atoms with Crippen LogP contribution in [0.2, 0.25) is 0 Å². The summed E-state index contributed by atoms with van der Waals surface area (Å²) in [6.07, 6.45) is 0. The second-order valence-electron chi connectivity index (χ2n) is 3.76. The molecule has 1 heterocycles. The fourth-order valence-electron chi connectivity index (χ4n) is 1.68. The van der Waals surface area contributed by atoms with Crippen molar-refractivity contribution in [3.8, 4) is 0 Å². The minimum Gasteiger partial charge on any atom is -0.261 e. The Bertz CT molecular complexity index is 471. The highest BCUT2D eigenvalue weighted by Crippen LogP contribution is 2.28. The summed E-state index contributed by atoms with van der Waals surface area (Å²) in [5.41, 5.74) is 2.29. The van der Waals surface area contributed by atoms with Crippen LogP contribution in [0.1, 0.15) is 25.6 Å². The molecule has 0 aliphatic rings. The van der Waals surface area contributed by atoms with Gasteiger partial charge in [0.1, 0.15) is 0 Å². The first-order chi connectivity index (χ1) is 6.61. The standard InChI is InChI=1S/C11H13BrN2/c1-7(2)14-11-9(8(3)13-14)5-4-6-10(11)12/h4-7H,1-3H3. The first-order valence-electron chi connectivity index (χ1n) is 4.74. The lowest BCUT2D eigenvalue weighted by atomic mass is 10.2. The highest BCUT2D eigenvalue weighted by molar-refractivity contribution is 9.10. The molecule has 0 unspecified atom stereocenters. The summed E-state index contributed by atoms with van der Waals surface area (Å²) in [6.45, 7) is 6.34. The van der Waals surface area contributed by atoms with E-state index in [-0.39, 0.29) is 0 Å². The number of benzene rings is 1. The Kier molecular flexibility index (Phi) is 2.35. The average molecular weight is 253 g/mol. The van der Waals surface area contributed by atoms with Gasteiger partial charge in [-0.2, -0.15) is 5.10 Å². The monoisotopic (exact) mass is 252 g/mol. The molecule has 0 saturated heterocycles. The molecule has 1 aromatic carbocycles. The Hall–Kier alpha value is -0.830. The van der Waals surface area contributed by atoms with E-state index in [1.807, 2.05) is 13.0 Å². The predicted molar refractivity (Wildman–Crippen MR) is 62.6 cm³/mol.